The molecule has 18 heavy (non-hydrogen) atoms. The summed E-state index contributed by atoms with van der Waals surface area (Å²) in [5, 5.41) is 9.19. The molecule has 0 saturated heterocycles. The van der Waals surface area contributed by atoms with Crippen molar-refractivity contribution in [1.29, 1.82) is 0 Å². The molecule has 0 unspecified atom stereocenters. The SMILES string of the molecule is S=c1[nH]nc(Cc2cccs2)n1Cc1ccco1. The maximum atomic E-state index is 5.35. The van der Waals surface area contributed by atoms with Gasteiger partial charge in [0, 0.05) is 11.3 Å². The van der Waals surface area contributed by atoms with Gasteiger partial charge in [-0.2, -0.15) is 5.10 Å². The smallest absolute Gasteiger partial charge is 0.195 e. The fraction of sp³-hybridized carbons (Fsp3) is 0.167. The van der Waals surface area contributed by atoms with Crippen LogP contribution in [-0.4, -0.2) is 14.8 Å². The Morgan fingerprint density at radius 2 is 2.33 bits per heavy atom. The van der Waals surface area contributed by atoms with Crippen LogP contribution in [0.4, 0.5) is 0 Å². The molecule has 0 aliphatic heterocycles. The molecule has 3 aromatic heterocycles. The maximum Gasteiger partial charge on any atom is 0.195 e. The van der Waals surface area contributed by atoms with Crippen LogP contribution in [0.5, 0.6) is 0 Å². The lowest BCUT2D eigenvalue weighted by Crippen LogP contribution is -2.05. The number of H-pyrrole nitrogens is 1. The standard InChI is InChI=1S/C12H11N3OS2/c17-12-14-13-11(7-10-4-2-6-18-10)15(12)8-9-3-1-5-16-9/h1-6H,7-8H2,(H,14,17). The number of hydrogen-bond acceptors (Lipinski definition) is 4. The number of rotatable bonds is 4. The number of furan rings is 1. The molecule has 3 aromatic rings. The van der Waals surface area contributed by atoms with E-state index >= 15 is 0 Å². The van der Waals surface area contributed by atoms with Crippen molar-refractivity contribution in [2.45, 2.75) is 13.0 Å². The highest BCUT2D eigenvalue weighted by molar-refractivity contribution is 7.71. The van der Waals surface area contributed by atoms with E-state index in [9.17, 15) is 0 Å². The molecule has 0 saturated carbocycles. The van der Waals surface area contributed by atoms with Crippen molar-refractivity contribution in [3.8, 4) is 0 Å². The van der Waals surface area contributed by atoms with E-state index in [2.05, 4.69) is 21.6 Å². The third-order valence-electron chi connectivity index (χ3n) is 2.64. The zero-order valence-electron chi connectivity index (χ0n) is 9.50. The van der Waals surface area contributed by atoms with Gasteiger partial charge in [-0.3, -0.25) is 9.67 Å². The number of hydrogen-bond donors (Lipinski definition) is 1. The fourth-order valence-corrected chi connectivity index (χ4v) is 2.69. The first-order chi connectivity index (χ1) is 8.83. The maximum absolute atomic E-state index is 5.35. The summed E-state index contributed by atoms with van der Waals surface area (Å²) in [6, 6.07) is 7.94. The molecule has 6 heteroatoms. The van der Waals surface area contributed by atoms with Crippen LogP contribution in [0.25, 0.3) is 0 Å². The number of aromatic amines is 1. The Labute approximate surface area is 113 Å². The molecule has 0 aliphatic carbocycles. The summed E-state index contributed by atoms with van der Waals surface area (Å²) in [7, 11) is 0. The second kappa shape index (κ2) is 4.91. The lowest BCUT2D eigenvalue weighted by molar-refractivity contribution is 0.488. The van der Waals surface area contributed by atoms with Gasteiger partial charge in [-0.15, -0.1) is 11.3 Å². The van der Waals surface area contributed by atoms with Gasteiger partial charge in [0.2, 0.25) is 0 Å². The highest BCUT2D eigenvalue weighted by Gasteiger charge is 2.09. The molecule has 0 atom stereocenters. The minimum atomic E-state index is 0.614. The zero-order chi connectivity index (χ0) is 12.4. The summed E-state index contributed by atoms with van der Waals surface area (Å²) in [5.74, 6) is 1.80. The molecule has 4 nitrogen and oxygen atoms in total. The molecule has 3 heterocycles. The number of nitrogens with zero attached hydrogens (tertiary/aromatic N) is 2. The quantitative estimate of drug-likeness (QED) is 0.745. The molecule has 0 aliphatic rings. The summed E-state index contributed by atoms with van der Waals surface area (Å²) >= 11 is 6.97. The largest absolute Gasteiger partial charge is 0.467 e. The van der Waals surface area contributed by atoms with Crippen LogP contribution < -0.4 is 0 Å². The first kappa shape index (κ1) is 11.4. The van der Waals surface area contributed by atoms with Crippen molar-refractivity contribution < 1.29 is 4.42 Å². The van der Waals surface area contributed by atoms with Gasteiger partial charge in [-0.1, -0.05) is 6.07 Å². The third-order valence-corrected chi connectivity index (χ3v) is 3.83. The molecule has 1 N–H and O–H groups in total. The summed E-state index contributed by atoms with van der Waals surface area (Å²) in [6.45, 7) is 0.614. The number of aromatic nitrogens is 3. The van der Waals surface area contributed by atoms with Crippen molar-refractivity contribution in [1.82, 2.24) is 14.8 Å². The Hall–Kier alpha value is -1.66. The van der Waals surface area contributed by atoms with Gasteiger partial charge < -0.3 is 4.42 Å². The number of thiophene rings is 1. The second-order valence-corrected chi connectivity index (χ2v) is 5.29. The Morgan fingerprint density at radius 1 is 1.39 bits per heavy atom. The molecule has 0 spiro atoms. The van der Waals surface area contributed by atoms with E-state index < -0.39 is 0 Å². The lowest BCUT2D eigenvalue weighted by Gasteiger charge is -2.03. The van der Waals surface area contributed by atoms with E-state index in [4.69, 9.17) is 16.6 Å². The van der Waals surface area contributed by atoms with Crippen LogP contribution in [0, 0.1) is 4.77 Å². The molecule has 0 radical (unpaired) electrons. The first-order valence-corrected chi connectivity index (χ1v) is 6.80. The number of nitrogens with one attached hydrogen (secondary N) is 1. The van der Waals surface area contributed by atoms with Crippen molar-refractivity contribution in [3.05, 3.63) is 57.1 Å². The zero-order valence-corrected chi connectivity index (χ0v) is 11.1. The molecule has 0 fully saturated rings. The third kappa shape index (κ3) is 2.30. The molecule has 3 rings (SSSR count). The van der Waals surface area contributed by atoms with Gasteiger partial charge >= 0.3 is 0 Å². The van der Waals surface area contributed by atoms with Crippen LogP contribution >= 0.6 is 23.6 Å². The van der Waals surface area contributed by atoms with Gasteiger partial charge in [-0.25, -0.2) is 0 Å². The van der Waals surface area contributed by atoms with E-state index in [-0.39, 0.29) is 0 Å². The van der Waals surface area contributed by atoms with Crippen LogP contribution in [-0.2, 0) is 13.0 Å². The predicted octanol–water partition coefficient (Wildman–Crippen LogP) is 3.23. The monoisotopic (exact) mass is 277 g/mol. The van der Waals surface area contributed by atoms with Gasteiger partial charge in [-0.05, 0) is 35.8 Å². The first-order valence-electron chi connectivity index (χ1n) is 5.52. The summed E-state index contributed by atoms with van der Waals surface area (Å²) < 4.78 is 7.94. The van der Waals surface area contributed by atoms with Crippen molar-refractivity contribution in [3.63, 3.8) is 0 Å². The lowest BCUT2D eigenvalue weighted by atomic mass is 10.3. The van der Waals surface area contributed by atoms with Crippen molar-refractivity contribution in [2.24, 2.45) is 0 Å². The van der Waals surface area contributed by atoms with E-state index in [1.807, 2.05) is 22.8 Å². The van der Waals surface area contributed by atoms with E-state index in [1.54, 1.807) is 17.6 Å². The minimum Gasteiger partial charge on any atom is -0.467 e. The molecule has 0 amide bonds. The average molecular weight is 277 g/mol. The van der Waals surface area contributed by atoms with Gasteiger partial charge in [0.1, 0.15) is 11.6 Å². The van der Waals surface area contributed by atoms with Crippen LogP contribution in [0.3, 0.4) is 0 Å². The fourth-order valence-electron chi connectivity index (χ4n) is 1.78. The minimum absolute atomic E-state index is 0.614. The van der Waals surface area contributed by atoms with Crippen LogP contribution in [0.1, 0.15) is 16.5 Å². The summed E-state index contributed by atoms with van der Waals surface area (Å²) in [5.41, 5.74) is 0. The molecule has 0 aromatic carbocycles. The Kier molecular flexibility index (Phi) is 3.12. The van der Waals surface area contributed by atoms with Crippen molar-refractivity contribution in [2.75, 3.05) is 0 Å². The van der Waals surface area contributed by atoms with Gasteiger partial charge in [0.25, 0.3) is 0 Å². The Morgan fingerprint density at radius 3 is 3.06 bits per heavy atom. The average Bonchev–Trinajstić information content (AvgIpc) is 3.08. The van der Waals surface area contributed by atoms with Crippen LogP contribution in [0.2, 0.25) is 0 Å². The van der Waals surface area contributed by atoms with Gasteiger partial charge in [0.15, 0.2) is 4.77 Å². The highest BCUT2D eigenvalue weighted by atomic mass is 32.1. The second-order valence-electron chi connectivity index (χ2n) is 3.87. The van der Waals surface area contributed by atoms with E-state index in [1.165, 1.54) is 4.88 Å². The molecule has 0 bridgehead atoms. The van der Waals surface area contributed by atoms with E-state index in [0.717, 1.165) is 18.0 Å². The topological polar surface area (TPSA) is 46.8 Å². The Bertz CT molecular complexity index is 665. The molecular formula is C12H11N3OS2. The van der Waals surface area contributed by atoms with E-state index in [0.29, 0.717) is 11.3 Å². The summed E-state index contributed by atoms with van der Waals surface area (Å²) in [6.07, 6.45) is 2.45. The van der Waals surface area contributed by atoms with Gasteiger partial charge in [0.05, 0.1) is 12.8 Å². The summed E-state index contributed by atoms with van der Waals surface area (Å²) in [4.78, 5) is 1.27. The van der Waals surface area contributed by atoms with Crippen molar-refractivity contribution >= 4 is 23.6 Å². The molecular weight excluding hydrogens is 266 g/mol. The highest BCUT2D eigenvalue weighted by Crippen LogP contribution is 2.15. The predicted molar refractivity (Wildman–Crippen MR) is 72.3 cm³/mol. The van der Waals surface area contributed by atoms with Crippen LogP contribution in [0.15, 0.2) is 40.3 Å². The molecule has 92 valence electrons. The Balaban J connectivity index is 1.89. The normalized spacial score (nSPS) is 10.9.